The van der Waals surface area contributed by atoms with Crippen molar-refractivity contribution < 1.29 is 19.4 Å². The molecule has 0 unspecified atom stereocenters. The van der Waals surface area contributed by atoms with E-state index in [0.717, 1.165) is 0 Å². The summed E-state index contributed by atoms with van der Waals surface area (Å²) in [6.07, 6.45) is -0.286. The standard InChI is InChI=1S/C7H13NO4.H2S/c1-7(2,11)5(4-9)8-6(10)12-3;/h4-5,11H,1-3H3,(H,8,10);1H2/t5-;/m1./s1. The third-order valence-electron chi connectivity index (χ3n) is 1.36. The molecule has 0 heterocycles. The van der Waals surface area contributed by atoms with Crippen molar-refractivity contribution >= 4 is 25.9 Å². The van der Waals surface area contributed by atoms with E-state index in [-0.39, 0.29) is 13.5 Å². The Balaban J connectivity index is 0. The van der Waals surface area contributed by atoms with Crippen LogP contribution in [0.25, 0.3) is 0 Å². The maximum Gasteiger partial charge on any atom is 0.407 e. The van der Waals surface area contributed by atoms with E-state index in [9.17, 15) is 14.7 Å². The van der Waals surface area contributed by atoms with Crippen molar-refractivity contribution in [2.24, 2.45) is 0 Å². The fourth-order valence-electron chi connectivity index (χ4n) is 0.563. The summed E-state index contributed by atoms with van der Waals surface area (Å²) >= 11 is 0. The van der Waals surface area contributed by atoms with Crippen molar-refractivity contribution in [3.05, 3.63) is 0 Å². The van der Waals surface area contributed by atoms with Crippen LogP contribution >= 0.6 is 13.5 Å². The summed E-state index contributed by atoms with van der Waals surface area (Å²) in [7, 11) is 1.18. The molecule has 78 valence electrons. The molecule has 0 fully saturated rings. The van der Waals surface area contributed by atoms with E-state index in [1.807, 2.05) is 0 Å². The predicted molar refractivity (Wildman–Crippen MR) is 52.1 cm³/mol. The molecule has 1 atom stereocenters. The summed E-state index contributed by atoms with van der Waals surface area (Å²) in [5.41, 5.74) is -1.28. The van der Waals surface area contributed by atoms with Gasteiger partial charge in [-0.3, -0.25) is 0 Å². The lowest BCUT2D eigenvalue weighted by Gasteiger charge is -2.24. The number of rotatable bonds is 3. The third-order valence-corrected chi connectivity index (χ3v) is 1.36. The number of ether oxygens (including phenoxy) is 1. The molecule has 5 nitrogen and oxygen atoms in total. The molecule has 0 radical (unpaired) electrons. The molecule has 0 spiro atoms. The fourth-order valence-corrected chi connectivity index (χ4v) is 0.563. The zero-order valence-corrected chi connectivity index (χ0v) is 8.83. The highest BCUT2D eigenvalue weighted by molar-refractivity contribution is 7.59. The van der Waals surface area contributed by atoms with Gasteiger partial charge in [-0.1, -0.05) is 0 Å². The molecule has 0 aromatic rings. The summed E-state index contributed by atoms with van der Waals surface area (Å²) in [4.78, 5) is 21.0. The van der Waals surface area contributed by atoms with Crippen LogP contribution in [0.1, 0.15) is 13.8 Å². The van der Waals surface area contributed by atoms with Gasteiger partial charge in [0.15, 0.2) is 0 Å². The normalized spacial score (nSPS) is 12.3. The maximum absolute atomic E-state index is 10.6. The number of methoxy groups -OCH3 is 1. The predicted octanol–water partition coefficient (Wildman–Crippen LogP) is -0.206. The number of aldehydes is 1. The molecule has 6 heteroatoms. The lowest BCUT2D eigenvalue weighted by Crippen LogP contribution is -2.50. The number of hydrogen-bond donors (Lipinski definition) is 2. The minimum atomic E-state index is -1.28. The minimum absolute atomic E-state index is 0. The van der Waals surface area contributed by atoms with Gasteiger partial charge >= 0.3 is 6.09 Å². The Kier molecular flexibility index (Phi) is 6.61. The number of hydrogen-bond acceptors (Lipinski definition) is 4. The molecule has 0 aromatic heterocycles. The summed E-state index contributed by atoms with van der Waals surface area (Å²) in [6, 6.07) is -0.954. The first-order valence-electron chi connectivity index (χ1n) is 3.44. The number of amides is 1. The highest BCUT2D eigenvalue weighted by atomic mass is 32.1. The highest BCUT2D eigenvalue weighted by Gasteiger charge is 2.27. The second kappa shape index (κ2) is 5.82. The molecule has 13 heavy (non-hydrogen) atoms. The monoisotopic (exact) mass is 209 g/mol. The smallest absolute Gasteiger partial charge is 0.407 e. The van der Waals surface area contributed by atoms with Gasteiger partial charge in [0.05, 0.1) is 12.7 Å². The first-order valence-corrected chi connectivity index (χ1v) is 3.44. The Morgan fingerprint density at radius 3 is 2.31 bits per heavy atom. The molecule has 0 rings (SSSR count). The summed E-state index contributed by atoms with van der Waals surface area (Å²) in [5.74, 6) is 0. The molecular weight excluding hydrogens is 194 g/mol. The van der Waals surface area contributed by atoms with Gasteiger partial charge in [-0.25, -0.2) is 4.79 Å². The van der Waals surface area contributed by atoms with Gasteiger partial charge in [-0.15, -0.1) is 0 Å². The van der Waals surface area contributed by atoms with Crippen LogP contribution in [0.15, 0.2) is 0 Å². The Labute approximate surface area is 83.9 Å². The van der Waals surface area contributed by atoms with Gasteiger partial charge in [0.2, 0.25) is 0 Å². The van der Waals surface area contributed by atoms with Crippen LogP contribution in [0, 0.1) is 0 Å². The fraction of sp³-hybridized carbons (Fsp3) is 0.714. The van der Waals surface area contributed by atoms with Crippen LogP contribution in [0.3, 0.4) is 0 Å². The second-order valence-corrected chi connectivity index (χ2v) is 2.90. The Hall–Kier alpha value is -0.750. The lowest BCUT2D eigenvalue weighted by molar-refractivity contribution is -0.114. The average molecular weight is 209 g/mol. The van der Waals surface area contributed by atoms with E-state index >= 15 is 0 Å². The summed E-state index contributed by atoms with van der Waals surface area (Å²) < 4.78 is 4.26. The van der Waals surface area contributed by atoms with E-state index in [4.69, 9.17) is 0 Å². The minimum Gasteiger partial charge on any atom is -0.453 e. The van der Waals surface area contributed by atoms with Crippen LogP contribution in [0.2, 0.25) is 0 Å². The molecule has 0 aromatic carbocycles. The number of carbonyl (C=O) groups is 2. The number of aliphatic hydroxyl groups is 1. The average Bonchev–Trinajstić information content (AvgIpc) is 1.97. The lowest BCUT2D eigenvalue weighted by atomic mass is 10.0. The second-order valence-electron chi connectivity index (χ2n) is 2.90. The van der Waals surface area contributed by atoms with Crippen LogP contribution in [-0.4, -0.2) is 36.2 Å². The molecule has 2 N–H and O–H groups in total. The van der Waals surface area contributed by atoms with Crippen molar-refractivity contribution in [3.8, 4) is 0 Å². The molecule has 1 amide bonds. The van der Waals surface area contributed by atoms with E-state index in [0.29, 0.717) is 6.29 Å². The quantitative estimate of drug-likeness (QED) is 0.631. The number of carbonyl (C=O) groups excluding carboxylic acids is 2. The van der Waals surface area contributed by atoms with Crippen LogP contribution in [0.5, 0.6) is 0 Å². The number of alkyl carbamates (subject to hydrolysis) is 1. The Morgan fingerprint density at radius 1 is 1.62 bits per heavy atom. The molecule has 0 aliphatic carbocycles. The molecule has 0 aliphatic rings. The zero-order chi connectivity index (χ0) is 9.78. The third kappa shape index (κ3) is 5.48. The number of nitrogens with one attached hydrogen (secondary N) is 1. The molecule has 0 saturated carbocycles. The van der Waals surface area contributed by atoms with Crippen molar-refractivity contribution in [2.45, 2.75) is 25.5 Å². The maximum atomic E-state index is 10.6. The first-order chi connectivity index (χ1) is 5.41. The highest BCUT2D eigenvalue weighted by Crippen LogP contribution is 2.05. The van der Waals surface area contributed by atoms with Gasteiger partial charge in [0.25, 0.3) is 0 Å². The molecule has 0 aliphatic heterocycles. The van der Waals surface area contributed by atoms with E-state index in [1.54, 1.807) is 0 Å². The summed E-state index contributed by atoms with van der Waals surface area (Å²) in [5, 5.41) is 11.5. The molecule has 0 bridgehead atoms. The van der Waals surface area contributed by atoms with Crippen LogP contribution in [0.4, 0.5) is 4.79 Å². The van der Waals surface area contributed by atoms with Crippen molar-refractivity contribution in [1.82, 2.24) is 5.32 Å². The van der Waals surface area contributed by atoms with Gasteiger partial charge in [0.1, 0.15) is 12.3 Å². The Morgan fingerprint density at radius 2 is 2.08 bits per heavy atom. The van der Waals surface area contributed by atoms with Gasteiger partial charge in [-0.2, -0.15) is 13.5 Å². The molecule has 0 saturated heterocycles. The van der Waals surface area contributed by atoms with Gasteiger partial charge in [0, 0.05) is 0 Å². The van der Waals surface area contributed by atoms with Crippen LogP contribution < -0.4 is 5.32 Å². The van der Waals surface area contributed by atoms with Crippen molar-refractivity contribution in [2.75, 3.05) is 7.11 Å². The van der Waals surface area contributed by atoms with E-state index < -0.39 is 17.7 Å². The van der Waals surface area contributed by atoms with Crippen molar-refractivity contribution in [1.29, 1.82) is 0 Å². The SMILES string of the molecule is COC(=O)N[C@H](C=O)C(C)(C)O.S. The van der Waals surface area contributed by atoms with Crippen molar-refractivity contribution in [3.63, 3.8) is 0 Å². The topological polar surface area (TPSA) is 75.6 Å². The van der Waals surface area contributed by atoms with E-state index in [1.165, 1.54) is 21.0 Å². The Bertz CT molecular complexity index is 178. The van der Waals surface area contributed by atoms with Crippen LogP contribution in [-0.2, 0) is 9.53 Å². The summed E-state index contributed by atoms with van der Waals surface area (Å²) in [6.45, 7) is 2.84. The van der Waals surface area contributed by atoms with E-state index in [2.05, 4.69) is 10.1 Å². The first kappa shape index (κ1) is 14.8. The largest absolute Gasteiger partial charge is 0.453 e. The van der Waals surface area contributed by atoms with Gasteiger partial charge < -0.3 is 20.0 Å². The van der Waals surface area contributed by atoms with Gasteiger partial charge in [-0.05, 0) is 13.8 Å². The molecular formula is C7H15NO4S. The zero-order valence-electron chi connectivity index (χ0n) is 7.83.